The Balaban J connectivity index is 1.57. The smallest absolute Gasteiger partial charge is 0.263 e. The molecule has 0 aliphatic heterocycles. The molecule has 1 heterocycles. The van der Waals surface area contributed by atoms with Crippen molar-refractivity contribution in [3.8, 4) is 5.75 Å². The minimum atomic E-state index is -3.76. The topological polar surface area (TPSA) is 97.4 Å². The lowest BCUT2D eigenvalue weighted by Crippen LogP contribution is -2.24. The number of carbonyl (C=O) groups excluding carboxylic acids is 1. The predicted molar refractivity (Wildman–Crippen MR) is 108 cm³/mol. The van der Waals surface area contributed by atoms with Gasteiger partial charge in [-0.1, -0.05) is 30.3 Å². The van der Waals surface area contributed by atoms with Gasteiger partial charge < -0.3 is 10.1 Å². The molecule has 28 heavy (non-hydrogen) atoms. The minimum absolute atomic E-state index is 0.0770. The summed E-state index contributed by atoms with van der Waals surface area (Å²) in [5.41, 5.74) is 1.50. The first-order valence-electron chi connectivity index (χ1n) is 8.38. The van der Waals surface area contributed by atoms with E-state index < -0.39 is 10.0 Å². The van der Waals surface area contributed by atoms with Gasteiger partial charge in [0.25, 0.3) is 10.0 Å². The summed E-state index contributed by atoms with van der Waals surface area (Å²) in [6.07, 6.45) is 0.0770. The van der Waals surface area contributed by atoms with E-state index in [4.69, 9.17) is 4.74 Å². The van der Waals surface area contributed by atoms with Gasteiger partial charge in [0.05, 0.1) is 24.1 Å². The minimum Gasteiger partial charge on any atom is -0.497 e. The Labute approximate surface area is 167 Å². The zero-order valence-corrected chi connectivity index (χ0v) is 16.7. The first-order chi connectivity index (χ1) is 13.5. The second-order valence-corrected chi connectivity index (χ2v) is 8.40. The summed E-state index contributed by atoms with van der Waals surface area (Å²) < 4.78 is 32.3. The van der Waals surface area contributed by atoms with Crippen LogP contribution in [0.3, 0.4) is 0 Å². The van der Waals surface area contributed by atoms with Crippen molar-refractivity contribution >= 4 is 32.4 Å². The molecule has 1 aromatic heterocycles. The van der Waals surface area contributed by atoms with E-state index in [1.54, 1.807) is 17.5 Å². The van der Waals surface area contributed by atoms with Gasteiger partial charge in [0.15, 0.2) is 5.13 Å². The molecule has 0 bridgehead atoms. The number of methoxy groups -OCH3 is 1. The van der Waals surface area contributed by atoms with Crippen molar-refractivity contribution in [2.24, 2.45) is 0 Å². The summed E-state index contributed by atoms with van der Waals surface area (Å²) in [7, 11) is -2.25. The van der Waals surface area contributed by atoms with Crippen LogP contribution in [-0.4, -0.2) is 26.4 Å². The molecule has 3 aromatic rings. The SMILES string of the molecule is COc1ccc(S(=O)(=O)Nc2nc(CC(=O)NCc3ccccc3)cs2)cc1. The van der Waals surface area contributed by atoms with Crippen LogP contribution in [0.1, 0.15) is 11.3 Å². The number of carbonyl (C=O) groups is 1. The Bertz CT molecular complexity index is 1030. The van der Waals surface area contributed by atoms with E-state index in [-0.39, 0.29) is 22.4 Å². The largest absolute Gasteiger partial charge is 0.497 e. The van der Waals surface area contributed by atoms with Crippen LogP contribution in [-0.2, 0) is 27.8 Å². The number of aromatic nitrogens is 1. The Hall–Kier alpha value is -2.91. The summed E-state index contributed by atoms with van der Waals surface area (Å²) >= 11 is 1.13. The van der Waals surface area contributed by atoms with E-state index in [1.165, 1.54) is 19.2 Å². The molecule has 0 unspecified atom stereocenters. The summed E-state index contributed by atoms with van der Waals surface area (Å²) in [6, 6.07) is 15.6. The number of anilines is 1. The number of rotatable bonds is 8. The predicted octanol–water partition coefficient (Wildman–Crippen LogP) is 2.81. The lowest BCUT2D eigenvalue weighted by atomic mass is 10.2. The molecule has 146 valence electrons. The lowest BCUT2D eigenvalue weighted by Gasteiger charge is -2.06. The number of amides is 1. The van der Waals surface area contributed by atoms with Gasteiger partial charge in [0.1, 0.15) is 5.75 Å². The van der Waals surface area contributed by atoms with E-state index in [2.05, 4.69) is 15.0 Å². The number of benzene rings is 2. The quantitative estimate of drug-likeness (QED) is 0.587. The van der Waals surface area contributed by atoms with Gasteiger partial charge in [-0.2, -0.15) is 0 Å². The highest BCUT2D eigenvalue weighted by molar-refractivity contribution is 7.93. The Morgan fingerprint density at radius 1 is 1.11 bits per heavy atom. The average Bonchev–Trinajstić information content (AvgIpc) is 3.13. The van der Waals surface area contributed by atoms with Crippen molar-refractivity contribution in [2.75, 3.05) is 11.8 Å². The van der Waals surface area contributed by atoms with Gasteiger partial charge in [0, 0.05) is 11.9 Å². The molecule has 7 nitrogen and oxygen atoms in total. The van der Waals surface area contributed by atoms with Gasteiger partial charge in [0.2, 0.25) is 5.91 Å². The fraction of sp³-hybridized carbons (Fsp3) is 0.158. The highest BCUT2D eigenvalue weighted by atomic mass is 32.2. The monoisotopic (exact) mass is 417 g/mol. The molecule has 1 amide bonds. The summed E-state index contributed by atoms with van der Waals surface area (Å²) in [5.74, 6) is 0.385. The maximum atomic E-state index is 12.4. The van der Waals surface area contributed by atoms with E-state index in [1.807, 2.05) is 30.3 Å². The maximum Gasteiger partial charge on any atom is 0.263 e. The first-order valence-corrected chi connectivity index (χ1v) is 10.7. The molecule has 0 radical (unpaired) electrons. The zero-order valence-electron chi connectivity index (χ0n) is 15.1. The van der Waals surface area contributed by atoms with Gasteiger partial charge >= 0.3 is 0 Å². The van der Waals surface area contributed by atoms with Crippen LogP contribution >= 0.6 is 11.3 Å². The van der Waals surface area contributed by atoms with Crippen molar-refractivity contribution in [2.45, 2.75) is 17.9 Å². The number of sulfonamides is 1. The molecule has 0 aliphatic carbocycles. The third-order valence-electron chi connectivity index (χ3n) is 3.82. The molecule has 2 aromatic carbocycles. The number of ether oxygens (including phenoxy) is 1. The number of hydrogen-bond donors (Lipinski definition) is 2. The molecule has 0 fully saturated rings. The zero-order chi connectivity index (χ0) is 20.0. The summed E-state index contributed by atoms with van der Waals surface area (Å²) in [5, 5.41) is 4.69. The summed E-state index contributed by atoms with van der Waals surface area (Å²) in [4.78, 5) is 16.4. The number of nitrogens with one attached hydrogen (secondary N) is 2. The normalized spacial score (nSPS) is 11.0. The van der Waals surface area contributed by atoms with E-state index >= 15 is 0 Å². The third kappa shape index (κ3) is 5.30. The molecule has 3 rings (SSSR count). The lowest BCUT2D eigenvalue weighted by molar-refractivity contribution is -0.120. The molecular formula is C19H19N3O4S2. The molecular weight excluding hydrogens is 398 g/mol. The molecule has 0 aliphatic rings. The van der Waals surface area contributed by atoms with Crippen molar-refractivity contribution in [3.05, 3.63) is 71.2 Å². The van der Waals surface area contributed by atoms with Gasteiger partial charge in [-0.25, -0.2) is 13.4 Å². The van der Waals surface area contributed by atoms with Crippen LogP contribution in [0, 0.1) is 0 Å². The van der Waals surface area contributed by atoms with Gasteiger partial charge in [-0.15, -0.1) is 11.3 Å². The third-order valence-corrected chi connectivity index (χ3v) is 6.11. The first kappa shape index (κ1) is 19.8. The number of thiazole rings is 1. The molecule has 0 spiro atoms. The molecule has 0 saturated carbocycles. The van der Waals surface area contributed by atoms with Crippen LogP contribution in [0.4, 0.5) is 5.13 Å². The van der Waals surface area contributed by atoms with Crippen molar-refractivity contribution in [3.63, 3.8) is 0 Å². The van der Waals surface area contributed by atoms with E-state index in [0.29, 0.717) is 18.0 Å². The molecule has 2 N–H and O–H groups in total. The maximum absolute atomic E-state index is 12.4. The second-order valence-electron chi connectivity index (χ2n) is 5.86. The second kappa shape index (κ2) is 8.85. The van der Waals surface area contributed by atoms with E-state index in [9.17, 15) is 13.2 Å². The summed E-state index contributed by atoms with van der Waals surface area (Å²) in [6.45, 7) is 0.431. The fourth-order valence-electron chi connectivity index (χ4n) is 2.39. The number of hydrogen-bond acceptors (Lipinski definition) is 6. The van der Waals surface area contributed by atoms with Crippen molar-refractivity contribution in [1.82, 2.24) is 10.3 Å². The highest BCUT2D eigenvalue weighted by Gasteiger charge is 2.17. The van der Waals surface area contributed by atoms with Gasteiger partial charge in [-0.05, 0) is 29.8 Å². The van der Waals surface area contributed by atoms with E-state index in [0.717, 1.165) is 16.9 Å². The van der Waals surface area contributed by atoms with Crippen molar-refractivity contribution in [1.29, 1.82) is 0 Å². The number of nitrogens with zero attached hydrogens (tertiary/aromatic N) is 1. The fourth-order valence-corrected chi connectivity index (χ4v) is 4.35. The Kier molecular flexibility index (Phi) is 6.27. The standard InChI is InChI=1S/C19H19N3O4S2/c1-26-16-7-9-17(10-8-16)28(24,25)22-19-21-15(13-27-19)11-18(23)20-12-14-5-3-2-4-6-14/h2-10,13H,11-12H2,1H3,(H,20,23)(H,21,22). The average molecular weight is 418 g/mol. The van der Waals surface area contributed by atoms with Crippen LogP contribution in [0.15, 0.2) is 64.9 Å². The van der Waals surface area contributed by atoms with Crippen LogP contribution in [0.25, 0.3) is 0 Å². The van der Waals surface area contributed by atoms with Crippen LogP contribution in [0.5, 0.6) is 5.75 Å². The van der Waals surface area contributed by atoms with Crippen LogP contribution < -0.4 is 14.8 Å². The molecule has 9 heteroatoms. The molecule has 0 saturated heterocycles. The molecule has 0 atom stereocenters. The van der Waals surface area contributed by atoms with Crippen LogP contribution in [0.2, 0.25) is 0 Å². The van der Waals surface area contributed by atoms with Gasteiger partial charge in [-0.3, -0.25) is 9.52 Å². The Morgan fingerprint density at radius 3 is 2.50 bits per heavy atom. The Morgan fingerprint density at radius 2 is 1.82 bits per heavy atom. The van der Waals surface area contributed by atoms with Crippen molar-refractivity contribution < 1.29 is 17.9 Å². The highest BCUT2D eigenvalue weighted by Crippen LogP contribution is 2.22.